The van der Waals surface area contributed by atoms with Crippen LogP contribution < -0.4 is 16.4 Å². The van der Waals surface area contributed by atoms with Gasteiger partial charge in [0.15, 0.2) is 0 Å². The Morgan fingerprint density at radius 1 is 1.30 bits per heavy atom. The van der Waals surface area contributed by atoms with E-state index in [2.05, 4.69) is 67.3 Å². The van der Waals surface area contributed by atoms with Gasteiger partial charge in [-0.2, -0.15) is 0 Å². The van der Waals surface area contributed by atoms with Crippen LogP contribution in [0.1, 0.15) is 74.1 Å². The van der Waals surface area contributed by atoms with E-state index in [0.29, 0.717) is 18.8 Å². The van der Waals surface area contributed by atoms with E-state index in [1.54, 1.807) is 13.0 Å². The number of hydrogen-bond donors (Lipinski definition) is 4. The van der Waals surface area contributed by atoms with Crippen LogP contribution >= 0.6 is 0 Å². The minimum Gasteiger partial charge on any atom is -0.393 e. The predicted molar refractivity (Wildman–Crippen MR) is 158 cm³/mol. The number of aliphatic hydroxyl groups excluding tert-OH is 1. The number of amidine groups is 1. The van der Waals surface area contributed by atoms with Crippen molar-refractivity contribution in [1.29, 1.82) is 0 Å². The zero-order chi connectivity index (χ0) is 28.0. The number of rotatable bonds is 14. The van der Waals surface area contributed by atoms with Gasteiger partial charge in [0, 0.05) is 17.9 Å². The molecule has 0 spiro atoms. The van der Waals surface area contributed by atoms with Crippen LogP contribution in [0.2, 0.25) is 0 Å². The summed E-state index contributed by atoms with van der Waals surface area (Å²) in [5.74, 6) is -0.203. The topological polar surface area (TPSA) is 99.7 Å². The van der Waals surface area contributed by atoms with E-state index in [1.807, 2.05) is 32.9 Å². The molecule has 1 amide bonds. The number of carbonyl (C=O) groups excluding carboxylic acids is 1. The third-order valence-electron chi connectivity index (χ3n) is 6.14. The van der Waals surface area contributed by atoms with Crippen molar-refractivity contribution in [3.05, 3.63) is 82.8 Å². The fraction of sp³-hybridized carbons (Fsp3) is 0.484. The molecule has 204 valence electrons. The molecule has 0 aromatic heterocycles. The van der Waals surface area contributed by atoms with Gasteiger partial charge >= 0.3 is 0 Å². The lowest BCUT2D eigenvalue weighted by Gasteiger charge is -2.17. The first-order valence-corrected chi connectivity index (χ1v) is 13.4. The molecule has 1 rings (SSSR count). The molecule has 1 saturated heterocycles. The number of nitrogens with zero attached hydrogens (tertiary/aromatic N) is 1. The maximum Gasteiger partial charge on any atom is 0.234 e. The summed E-state index contributed by atoms with van der Waals surface area (Å²) in [5.41, 5.74) is 12.0. The van der Waals surface area contributed by atoms with Crippen LogP contribution in [0.25, 0.3) is 0 Å². The van der Waals surface area contributed by atoms with Crippen molar-refractivity contribution >= 4 is 11.7 Å². The molecule has 6 nitrogen and oxygen atoms in total. The standard InChI is InChI=1S/C31H48N4O2/c1-9-13-14-16-21(5)26(11-3)25(15-10-2)20-27-28(12-4)35-31(37)30(27)24(8)34-29(32)19-22(6)33-18-17-23(7)36/h11-12,14-16,19-20,23-24,30,33,36H,3,9-10,13,17-18H2,1-2,4-8H3,(H2,32,34)(H,35,37)/b16-14-,22-19-,25-15-,26-21+,27-20+,28-12+. The summed E-state index contributed by atoms with van der Waals surface area (Å²) >= 11 is 0. The maximum atomic E-state index is 13.1. The molecule has 0 bridgehead atoms. The third kappa shape index (κ3) is 10.4. The Morgan fingerprint density at radius 2 is 2.00 bits per heavy atom. The molecule has 1 heterocycles. The highest BCUT2D eigenvalue weighted by molar-refractivity contribution is 5.94. The maximum absolute atomic E-state index is 13.1. The Labute approximate surface area is 224 Å². The second-order valence-electron chi connectivity index (χ2n) is 9.51. The van der Waals surface area contributed by atoms with E-state index in [4.69, 9.17) is 5.73 Å². The monoisotopic (exact) mass is 508 g/mol. The van der Waals surface area contributed by atoms with Gasteiger partial charge in [-0.1, -0.05) is 57.2 Å². The number of aliphatic hydroxyl groups is 1. The van der Waals surface area contributed by atoms with Crippen molar-refractivity contribution in [3.8, 4) is 0 Å². The first kappa shape index (κ1) is 31.9. The van der Waals surface area contributed by atoms with Gasteiger partial charge < -0.3 is 21.5 Å². The Bertz CT molecular complexity index is 1010. The molecular formula is C31H48N4O2. The van der Waals surface area contributed by atoms with E-state index in [9.17, 15) is 9.90 Å². The molecule has 1 aliphatic rings. The Kier molecular flexibility index (Phi) is 14.3. The van der Waals surface area contributed by atoms with Gasteiger partial charge in [-0.3, -0.25) is 9.79 Å². The summed E-state index contributed by atoms with van der Waals surface area (Å²) in [6, 6.07) is -0.366. The van der Waals surface area contributed by atoms with Gasteiger partial charge in [-0.25, -0.2) is 0 Å². The largest absolute Gasteiger partial charge is 0.393 e. The zero-order valence-corrected chi connectivity index (χ0v) is 23.9. The normalized spacial score (nSPS) is 21.9. The van der Waals surface area contributed by atoms with Gasteiger partial charge in [-0.15, -0.1) is 0 Å². The summed E-state index contributed by atoms with van der Waals surface area (Å²) in [5, 5.41) is 15.7. The summed E-state index contributed by atoms with van der Waals surface area (Å²) in [4.78, 5) is 17.7. The molecule has 0 radical (unpaired) electrons. The fourth-order valence-electron chi connectivity index (χ4n) is 4.23. The fourth-order valence-corrected chi connectivity index (χ4v) is 4.23. The van der Waals surface area contributed by atoms with Crippen molar-refractivity contribution in [1.82, 2.24) is 10.6 Å². The molecule has 0 saturated carbocycles. The van der Waals surface area contributed by atoms with Crippen LogP contribution in [0.5, 0.6) is 0 Å². The van der Waals surface area contributed by atoms with Crippen molar-refractivity contribution in [2.75, 3.05) is 6.54 Å². The van der Waals surface area contributed by atoms with Crippen LogP contribution in [-0.2, 0) is 4.79 Å². The minimum absolute atomic E-state index is 0.0845. The Balaban J connectivity index is 3.40. The third-order valence-corrected chi connectivity index (χ3v) is 6.14. The number of amides is 1. The van der Waals surface area contributed by atoms with Gasteiger partial charge in [-0.05, 0) is 88.3 Å². The van der Waals surface area contributed by atoms with Crippen LogP contribution in [0.4, 0.5) is 0 Å². The van der Waals surface area contributed by atoms with Gasteiger partial charge in [0.2, 0.25) is 5.91 Å². The highest BCUT2D eigenvalue weighted by Gasteiger charge is 2.37. The second kappa shape index (κ2) is 16.6. The average molecular weight is 509 g/mol. The molecule has 0 aliphatic carbocycles. The second-order valence-corrected chi connectivity index (χ2v) is 9.51. The zero-order valence-electron chi connectivity index (χ0n) is 23.9. The molecule has 3 unspecified atom stereocenters. The van der Waals surface area contributed by atoms with Gasteiger partial charge in [0.25, 0.3) is 0 Å². The molecule has 1 aliphatic heterocycles. The number of carbonyl (C=O) groups is 1. The summed E-state index contributed by atoms with van der Waals surface area (Å²) in [6.07, 6.45) is 17.4. The number of aliphatic imine (C=N–C) groups is 1. The first-order valence-electron chi connectivity index (χ1n) is 13.4. The Morgan fingerprint density at radius 3 is 2.57 bits per heavy atom. The molecule has 1 fully saturated rings. The first-order chi connectivity index (χ1) is 17.6. The predicted octanol–water partition coefficient (Wildman–Crippen LogP) is 5.77. The van der Waals surface area contributed by atoms with Crippen LogP contribution in [-0.4, -0.2) is 35.5 Å². The van der Waals surface area contributed by atoms with E-state index in [1.165, 1.54) is 0 Å². The smallest absolute Gasteiger partial charge is 0.234 e. The molecule has 6 heteroatoms. The van der Waals surface area contributed by atoms with E-state index >= 15 is 0 Å². The SMILES string of the molecule is C=CC(/C(=C\CC)/C=C1\C(=C/C)NC(=O)C1C(C)N=C(N)/C=C(/C)NCCC(C)O)=C(C)\C=C/CCC. The molecule has 0 aromatic carbocycles. The van der Waals surface area contributed by atoms with E-state index in [0.717, 1.165) is 52.9 Å². The average Bonchev–Trinajstić information content (AvgIpc) is 3.14. The van der Waals surface area contributed by atoms with Crippen LogP contribution in [0.3, 0.4) is 0 Å². The molecule has 5 N–H and O–H groups in total. The summed E-state index contributed by atoms with van der Waals surface area (Å²) in [7, 11) is 0. The number of allylic oxidation sites excluding steroid dienone is 11. The quantitative estimate of drug-likeness (QED) is 0.136. The van der Waals surface area contributed by atoms with Crippen molar-refractivity contribution in [3.63, 3.8) is 0 Å². The summed E-state index contributed by atoms with van der Waals surface area (Å²) in [6.45, 7) is 18.6. The van der Waals surface area contributed by atoms with Crippen molar-refractivity contribution in [2.45, 2.75) is 86.3 Å². The van der Waals surface area contributed by atoms with Crippen molar-refractivity contribution in [2.24, 2.45) is 16.6 Å². The number of nitrogens with one attached hydrogen (secondary N) is 2. The lowest BCUT2D eigenvalue weighted by molar-refractivity contribution is -0.122. The molecule has 0 aromatic rings. The highest BCUT2D eigenvalue weighted by Crippen LogP contribution is 2.33. The number of hydrogen-bond acceptors (Lipinski definition) is 4. The van der Waals surface area contributed by atoms with Crippen LogP contribution in [0.15, 0.2) is 87.8 Å². The van der Waals surface area contributed by atoms with Crippen LogP contribution in [0, 0.1) is 5.92 Å². The lowest BCUT2D eigenvalue weighted by atomic mass is 9.89. The lowest BCUT2D eigenvalue weighted by Crippen LogP contribution is -2.28. The van der Waals surface area contributed by atoms with E-state index in [-0.39, 0.29) is 18.1 Å². The molecule has 37 heavy (non-hydrogen) atoms. The molecular weight excluding hydrogens is 460 g/mol. The van der Waals surface area contributed by atoms with Crippen molar-refractivity contribution < 1.29 is 9.90 Å². The Hall–Kier alpha value is -3.12. The summed E-state index contributed by atoms with van der Waals surface area (Å²) < 4.78 is 0. The minimum atomic E-state index is -0.469. The number of nitrogens with two attached hydrogens (primary N) is 1. The van der Waals surface area contributed by atoms with E-state index < -0.39 is 5.92 Å². The molecule has 3 atom stereocenters. The van der Waals surface area contributed by atoms with Gasteiger partial charge in [0.05, 0.1) is 18.1 Å². The van der Waals surface area contributed by atoms with Gasteiger partial charge in [0.1, 0.15) is 5.84 Å². The highest BCUT2D eigenvalue weighted by atomic mass is 16.3. The number of unbranched alkanes of at least 4 members (excludes halogenated alkanes) is 1.